The minimum atomic E-state index is -1.78. The van der Waals surface area contributed by atoms with Gasteiger partial charge in [-0.2, -0.15) is 0 Å². The molecule has 0 aromatic rings. The molecular formula is C54H90O24. The summed E-state index contributed by atoms with van der Waals surface area (Å²) < 4.78 is 46.8. The van der Waals surface area contributed by atoms with E-state index in [-0.39, 0.29) is 41.3 Å². The van der Waals surface area contributed by atoms with Crippen LogP contribution in [0.4, 0.5) is 0 Å². The fourth-order valence-electron chi connectivity index (χ4n) is 15.3. The number of aliphatic hydroxyl groups excluding tert-OH is 14. The number of fused-ring (bicyclic) bond motifs is 5. The van der Waals surface area contributed by atoms with Gasteiger partial charge in [-0.05, 0) is 93.3 Å². The number of aliphatic hydroxyl groups is 15. The van der Waals surface area contributed by atoms with Gasteiger partial charge in [0.05, 0.1) is 44.2 Å². The SMILES string of the molecule is C[C@H](CC[C@@H](O[C@@H]1O[C@H](CO[C@@H]2O[C@H](CO)[C@@H](O)[C@H](O)[C@H]2O)[C@@H](O)[C@H](O)[C@H]1O)C(C)(C)O)[C@H]1CC[C@@]2(C)[C@@H]3CC=C4[C@@H](CC[C@H](O[C@@H]5O[C@H](CO[C@@H]6O[C@H](CO)[C@@H](O)[C@H](O)[C@H]6O)[C@@H](O)[C@H](O)[C@H]5O)C4(C)C)[C@]3(C)C(=O)C[C@]12C. The van der Waals surface area contributed by atoms with Crippen molar-refractivity contribution in [2.24, 2.45) is 45.3 Å². The van der Waals surface area contributed by atoms with Gasteiger partial charge in [0.2, 0.25) is 0 Å². The molecule has 8 aliphatic rings. The quantitative estimate of drug-likeness (QED) is 0.0645. The third-order valence-electron chi connectivity index (χ3n) is 20.5. The van der Waals surface area contributed by atoms with E-state index < -0.39 is 183 Å². The number of rotatable bonds is 17. The van der Waals surface area contributed by atoms with Crippen molar-refractivity contribution in [3.05, 3.63) is 11.6 Å². The van der Waals surface area contributed by atoms with Gasteiger partial charge in [0.15, 0.2) is 25.2 Å². The Morgan fingerprint density at radius 2 is 1.06 bits per heavy atom. The van der Waals surface area contributed by atoms with Gasteiger partial charge < -0.3 is 114 Å². The Morgan fingerprint density at radius 3 is 1.56 bits per heavy atom. The van der Waals surface area contributed by atoms with Crippen molar-refractivity contribution in [1.82, 2.24) is 0 Å². The second-order valence-corrected chi connectivity index (χ2v) is 25.7. The number of hydrogen-bond acceptors (Lipinski definition) is 24. The van der Waals surface area contributed by atoms with Crippen LogP contribution in [-0.4, -0.2) is 249 Å². The zero-order valence-electron chi connectivity index (χ0n) is 46.0. The number of allylic oxidation sites excluding steroid dienone is 1. The molecule has 0 aromatic heterocycles. The lowest BCUT2D eigenvalue weighted by molar-refractivity contribution is -0.341. The van der Waals surface area contributed by atoms with Crippen LogP contribution in [0.3, 0.4) is 0 Å². The van der Waals surface area contributed by atoms with Crippen LogP contribution in [0.25, 0.3) is 0 Å². The highest BCUT2D eigenvalue weighted by Gasteiger charge is 2.70. The van der Waals surface area contributed by atoms with Gasteiger partial charge >= 0.3 is 0 Å². The number of carbonyl (C=O) groups excluding carboxylic acids is 1. The lowest BCUT2D eigenvalue weighted by Gasteiger charge is -2.65. The molecule has 24 nitrogen and oxygen atoms in total. The van der Waals surface area contributed by atoms with E-state index in [0.717, 1.165) is 18.4 Å². The summed E-state index contributed by atoms with van der Waals surface area (Å²) in [5, 5.41) is 158. The van der Waals surface area contributed by atoms with Gasteiger partial charge in [-0.3, -0.25) is 4.79 Å². The van der Waals surface area contributed by atoms with Gasteiger partial charge in [-0.25, -0.2) is 0 Å². The number of ether oxygens (including phenoxy) is 8. The Morgan fingerprint density at radius 1 is 0.603 bits per heavy atom. The standard InChI is InChI=1S/C54H90O24/c1-22(9-13-33(51(4,5)70)78-49-45(69)41(65)37(61)29(76-49)21-72-47-43(67)39(63)35(59)27(19-56)74-47)23-15-16-52(6)30-12-10-24-25(54(30,8)31(57)17-53(23,52)7)11-14-32(50(24,2)3)77-48-44(68)40(64)36(60)28(75-48)20-71-46-42(66)38(62)34(58)26(18-55)73-46/h10,22-23,25-30,32-49,55-56,58-70H,9,11-21H2,1-8H3/t22-,23-,25-,26-,27-,28-,29-,30+,32+,33-,34-,35-,36-,37-,38+,39+,40+,41+,42-,43-,44-,45-,46-,47-,48+,49+,52+,53-,54+/m1/s1. The summed E-state index contributed by atoms with van der Waals surface area (Å²) in [7, 11) is 0. The monoisotopic (exact) mass is 1120 g/mol. The van der Waals surface area contributed by atoms with E-state index in [1.165, 1.54) is 0 Å². The Kier molecular flexibility index (Phi) is 18.8. The molecule has 4 heterocycles. The highest BCUT2D eigenvalue weighted by Crippen LogP contribution is 2.74. The second-order valence-electron chi connectivity index (χ2n) is 25.7. The van der Waals surface area contributed by atoms with E-state index in [9.17, 15) is 76.6 Å². The number of ketones is 1. The molecular weight excluding hydrogens is 1030 g/mol. The van der Waals surface area contributed by atoms with Crippen LogP contribution in [0.1, 0.15) is 107 Å². The molecule has 29 atom stereocenters. The lowest BCUT2D eigenvalue weighted by Crippen LogP contribution is -2.64. The third-order valence-corrected chi connectivity index (χ3v) is 20.5. The summed E-state index contributed by atoms with van der Waals surface area (Å²) >= 11 is 0. The van der Waals surface area contributed by atoms with Crippen molar-refractivity contribution in [2.75, 3.05) is 26.4 Å². The van der Waals surface area contributed by atoms with E-state index in [1.807, 2.05) is 13.8 Å². The maximum absolute atomic E-state index is 15.2. The molecule has 0 radical (unpaired) electrons. The Labute approximate surface area is 454 Å². The highest BCUT2D eigenvalue weighted by atomic mass is 16.7. The molecule has 0 bridgehead atoms. The first-order chi connectivity index (χ1) is 36.4. The van der Waals surface area contributed by atoms with Crippen LogP contribution >= 0.6 is 0 Å². The summed E-state index contributed by atoms with van der Waals surface area (Å²) in [6.45, 7) is 13.6. The molecule has 450 valence electrons. The average molecular weight is 1120 g/mol. The number of carbonyl (C=O) groups is 1. The van der Waals surface area contributed by atoms with Crippen molar-refractivity contribution in [3.63, 3.8) is 0 Å². The first-order valence-corrected chi connectivity index (χ1v) is 27.9. The van der Waals surface area contributed by atoms with Crippen molar-refractivity contribution in [3.8, 4) is 0 Å². The summed E-state index contributed by atoms with van der Waals surface area (Å²) in [5.74, 6) is 0.195. The fourth-order valence-corrected chi connectivity index (χ4v) is 15.3. The van der Waals surface area contributed by atoms with Gasteiger partial charge in [-0.1, -0.05) is 53.2 Å². The van der Waals surface area contributed by atoms with Gasteiger partial charge in [0.1, 0.15) is 103 Å². The predicted octanol–water partition coefficient (Wildman–Crippen LogP) is -3.02. The molecule has 24 heteroatoms. The largest absolute Gasteiger partial charge is 0.394 e. The highest BCUT2D eigenvalue weighted by molar-refractivity contribution is 5.88. The van der Waals surface area contributed by atoms with E-state index in [4.69, 9.17) is 37.9 Å². The molecule has 0 unspecified atom stereocenters. The maximum atomic E-state index is 15.2. The lowest BCUT2D eigenvalue weighted by atomic mass is 9.38. The molecule has 4 saturated heterocycles. The summed E-state index contributed by atoms with van der Waals surface area (Å²) in [6.07, 6.45) is -26.3. The van der Waals surface area contributed by atoms with Crippen LogP contribution < -0.4 is 0 Å². The van der Waals surface area contributed by atoms with Crippen molar-refractivity contribution < 1.29 is 119 Å². The van der Waals surface area contributed by atoms with Crippen molar-refractivity contribution in [1.29, 1.82) is 0 Å². The van der Waals surface area contributed by atoms with Crippen molar-refractivity contribution >= 4 is 5.78 Å². The van der Waals surface area contributed by atoms with Crippen LogP contribution in [0.15, 0.2) is 11.6 Å². The molecule has 8 rings (SSSR count). The van der Waals surface area contributed by atoms with Gasteiger partial charge in [0.25, 0.3) is 0 Å². The smallest absolute Gasteiger partial charge is 0.187 e. The first kappa shape index (κ1) is 62.5. The average Bonchev–Trinajstić information content (AvgIpc) is 2.95. The van der Waals surface area contributed by atoms with E-state index in [1.54, 1.807) is 13.8 Å². The van der Waals surface area contributed by atoms with Gasteiger partial charge in [0, 0.05) is 17.3 Å². The summed E-state index contributed by atoms with van der Waals surface area (Å²) in [6, 6.07) is 0. The van der Waals surface area contributed by atoms with E-state index in [2.05, 4.69) is 33.8 Å². The molecule has 15 N–H and O–H groups in total. The summed E-state index contributed by atoms with van der Waals surface area (Å²) in [5.41, 5.74) is -2.49. The zero-order chi connectivity index (χ0) is 57.5. The zero-order valence-corrected chi connectivity index (χ0v) is 46.0. The minimum Gasteiger partial charge on any atom is -0.394 e. The number of Topliss-reactive ketones (excluding diaryl/α,β-unsaturated/α-hetero) is 1. The normalized spacial score (nSPS) is 50.5. The molecule has 0 aromatic carbocycles. The molecule has 7 fully saturated rings. The maximum Gasteiger partial charge on any atom is 0.187 e. The molecule has 78 heavy (non-hydrogen) atoms. The van der Waals surface area contributed by atoms with E-state index >= 15 is 4.79 Å². The van der Waals surface area contributed by atoms with Crippen LogP contribution in [0.2, 0.25) is 0 Å². The molecule has 0 amide bonds. The Balaban J connectivity index is 0.910. The first-order valence-electron chi connectivity index (χ1n) is 27.9. The van der Waals surface area contributed by atoms with Crippen LogP contribution in [0, 0.1) is 45.3 Å². The van der Waals surface area contributed by atoms with Gasteiger partial charge in [-0.15, -0.1) is 0 Å². The minimum absolute atomic E-state index is 0.00290. The molecule has 4 aliphatic carbocycles. The Bertz CT molecular complexity index is 2070. The molecule has 0 spiro atoms. The van der Waals surface area contributed by atoms with E-state index in [0.29, 0.717) is 32.1 Å². The number of hydrogen-bond donors (Lipinski definition) is 15. The van der Waals surface area contributed by atoms with Crippen LogP contribution in [0.5, 0.6) is 0 Å². The predicted molar refractivity (Wildman–Crippen MR) is 267 cm³/mol. The second kappa shape index (κ2) is 23.5. The molecule has 3 saturated carbocycles. The topological polar surface area (TPSA) is 394 Å². The van der Waals surface area contributed by atoms with Crippen LogP contribution in [-0.2, 0) is 42.7 Å². The van der Waals surface area contributed by atoms with Crippen molar-refractivity contribution in [2.45, 2.75) is 247 Å². The Hall–Kier alpha value is -1.51. The third kappa shape index (κ3) is 11.0. The fraction of sp³-hybridized carbons (Fsp3) is 0.944. The summed E-state index contributed by atoms with van der Waals surface area (Å²) in [4.78, 5) is 15.2. The molecule has 4 aliphatic heterocycles.